The van der Waals surface area contributed by atoms with E-state index in [1.54, 1.807) is 6.07 Å². The van der Waals surface area contributed by atoms with E-state index in [1.807, 2.05) is 35.6 Å². The summed E-state index contributed by atoms with van der Waals surface area (Å²) in [6.45, 7) is 6.20. The van der Waals surface area contributed by atoms with Crippen molar-refractivity contribution in [1.29, 1.82) is 0 Å². The molecule has 2 aromatic heterocycles. The fourth-order valence-electron chi connectivity index (χ4n) is 4.57. The van der Waals surface area contributed by atoms with Crippen LogP contribution in [0.15, 0.2) is 64.8 Å². The fraction of sp³-hybridized carbons (Fsp3) is 0.345. The third-order valence-corrected chi connectivity index (χ3v) is 7.56. The van der Waals surface area contributed by atoms with E-state index in [2.05, 4.69) is 44.4 Å². The number of aromatic amines is 1. The van der Waals surface area contributed by atoms with E-state index in [9.17, 15) is 14.4 Å². The number of nitrogens with zero attached hydrogens (tertiary/aromatic N) is 2. The van der Waals surface area contributed by atoms with Gasteiger partial charge in [0, 0.05) is 54.1 Å². The number of hydrogen-bond donors (Lipinski definition) is 4. The molecule has 1 unspecified atom stereocenters. The van der Waals surface area contributed by atoms with Gasteiger partial charge >= 0.3 is 11.9 Å². The minimum absolute atomic E-state index is 0.0863. The van der Waals surface area contributed by atoms with E-state index >= 15 is 0 Å². The minimum atomic E-state index is -1.79. The Morgan fingerprint density at radius 1 is 1.00 bits per heavy atom. The number of carbonyl (C=O) groups is 2. The van der Waals surface area contributed by atoms with Gasteiger partial charge in [0.05, 0.1) is 18.5 Å². The van der Waals surface area contributed by atoms with Crippen LogP contribution in [-0.2, 0) is 9.59 Å². The number of nitrogens with one attached hydrogen (secondary N) is 1. The third-order valence-electron chi connectivity index (χ3n) is 6.67. The summed E-state index contributed by atoms with van der Waals surface area (Å²) >= 11 is 1.82. The minimum Gasteiger partial charge on any atom is -0.494 e. The Kier molecular flexibility index (Phi) is 10.1. The lowest BCUT2D eigenvalue weighted by Crippen LogP contribution is -2.46. The molecule has 4 aromatic rings. The number of pyridine rings is 1. The molecule has 0 saturated carbocycles. The van der Waals surface area contributed by atoms with Gasteiger partial charge in [-0.3, -0.25) is 14.5 Å². The summed E-state index contributed by atoms with van der Waals surface area (Å²) in [4.78, 5) is 38.8. The number of aliphatic hydroxyl groups excluding tert-OH is 1. The SMILES string of the molecule is O=C(O)CC(O)C(=O)O.O=c1ccc2ccc(OCCCCN3CCN(c4cccc5sccc45)CC3)cc2[nH]1. The van der Waals surface area contributed by atoms with E-state index in [0.29, 0.717) is 6.61 Å². The van der Waals surface area contributed by atoms with E-state index < -0.39 is 24.5 Å². The van der Waals surface area contributed by atoms with Gasteiger partial charge in [0.15, 0.2) is 6.10 Å². The van der Waals surface area contributed by atoms with Crippen LogP contribution < -0.4 is 15.2 Å². The number of aliphatic carboxylic acids is 2. The number of hydrogen-bond acceptors (Lipinski definition) is 8. The van der Waals surface area contributed by atoms with Crippen molar-refractivity contribution >= 4 is 50.0 Å². The second-order valence-electron chi connectivity index (χ2n) is 9.52. The molecule has 1 atom stereocenters. The number of benzene rings is 2. The number of carboxylic acid groups (broad SMARTS) is 2. The smallest absolute Gasteiger partial charge is 0.333 e. The Morgan fingerprint density at radius 2 is 1.77 bits per heavy atom. The zero-order chi connectivity index (χ0) is 28.5. The summed E-state index contributed by atoms with van der Waals surface area (Å²) in [7, 11) is 0. The maximum atomic E-state index is 11.5. The molecule has 4 N–H and O–H groups in total. The lowest BCUT2D eigenvalue weighted by molar-refractivity contribution is -0.152. The number of unbranched alkanes of at least 4 members (excludes halogenated alkanes) is 1. The van der Waals surface area contributed by atoms with E-state index in [0.717, 1.165) is 62.2 Å². The van der Waals surface area contributed by atoms with Crippen molar-refractivity contribution in [3.05, 3.63) is 70.3 Å². The highest BCUT2D eigenvalue weighted by Gasteiger charge is 2.18. The first-order chi connectivity index (χ1) is 19.3. The average molecular weight is 568 g/mol. The highest BCUT2D eigenvalue weighted by atomic mass is 32.1. The number of thiophene rings is 1. The number of H-pyrrole nitrogens is 1. The highest BCUT2D eigenvalue weighted by molar-refractivity contribution is 7.17. The third kappa shape index (κ3) is 8.04. The standard InChI is InChI=1S/C25H27N3O2S.C4H6O5/c29-25-9-7-19-6-8-20(18-22(19)26-25)30-16-2-1-11-27-12-14-28(15-13-27)23-4-3-5-24-21(23)10-17-31-24;5-2(4(8)9)1-3(6)7/h3-10,17-18H,1-2,11-16H2,(H,26,29);2,5H,1H2,(H,6,7)(H,8,9). The van der Waals surface area contributed by atoms with Gasteiger partial charge < -0.3 is 29.9 Å². The first-order valence-corrected chi connectivity index (χ1v) is 14.0. The van der Waals surface area contributed by atoms with Crippen molar-refractivity contribution in [3.63, 3.8) is 0 Å². The molecule has 1 aliphatic rings. The predicted octanol–water partition coefficient (Wildman–Crippen LogP) is 3.63. The predicted molar refractivity (Wildman–Crippen MR) is 156 cm³/mol. The van der Waals surface area contributed by atoms with Crippen LogP contribution in [-0.4, -0.2) is 82.6 Å². The summed E-state index contributed by atoms with van der Waals surface area (Å²) in [6.07, 6.45) is -0.389. The van der Waals surface area contributed by atoms with Gasteiger partial charge in [-0.2, -0.15) is 0 Å². The van der Waals surface area contributed by atoms with Crippen LogP contribution in [0.4, 0.5) is 5.69 Å². The number of anilines is 1. The quantitative estimate of drug-likeness (QED) is 0.211. The maximum absolute atomic E-state index is 11.5. The summed E-state index contributed by atoms with van der Waals surface area (Å²) in [5, 5.41) is 28.7. The van der Waals surface area contributed by atoms with Gasteiger partial charge in [-0.1, -0.05) is 6.07 Å². The zero-order valence-electron chi connectivity index (χ0n) is 22.0. The Hall–Kier alpha value is -3.93. The van der Waals surface area contributed by atoms with Crippen molar-refractivity contribution in [2.75, 3.05) is 44.2 Å². The summed E-state index contributed by atoms with van der Waals surface area (Å²) in [5.41, 5.74) is 2.11. The molecule has 10 nitrogen and oxygen atoms in total. The molecule has 212 valence electrons. The van der Waals surface area contributed by atoms with E-state index in [1.165, 1.54) is 15.8 Å². The van der Waals surface area contributed by atoms with Crippen molar-refractivity contribution in [3.8, 4) is 5.75 Å². The molecule has 1 fully saturated rings. The van der Waals surface area contributed by atoms with Crippen molar-refractivity contribution in [2.24, 2.45) is 0 Å². The van der Waals surface area contributed by atoms with Crippen molar-refractivity contribution in [2.45, 2.75) is 25.4 Å². The number of aromatic nitrogens is 1. The second kappa shape index (κ2) is 13.9. The van der Waals surface area contributed by atoms with Crippen LogP contribution in [0.2, 0.25) is 0 Å². The number of rotatable bonds is 10. The van der Waals surface area contributed by atoms with Crippen LogP contribution >= 0.6 is 11.3 Å². The van der Waals surface area contributed by atoms with Crippen LogP contribution in [0.25, 0.3) is 21.0 Å². The van der Waals surface area contributed by atoms with Crippen molar-refractivity contribution in [1.82, 2.24) is 9.88 Å². The molecule has 3 heterocycles. The maximum Gasteiger partial charge on any atom is 0.333 e. The monoisotopic (exact) mass is 567 g/mol. The van der Waals surface area contributed by atoms with Gasteiger partial charge in [-0.05, 0) is 66.6 Å². The van der Waals surface area contributed by atoms with Crippen LogP contribution in [0, 0.1) is 0 Å². The highest BCUT2D eigenvalue weighted by Crippen LogP contribution is 2.31. The molecule has 0 spiro atoms. The average Bonchev–Trinajstić information content (AvgIpc) is 3.42. The molecule has 0 aliphatic carbocycles. The molecule has 0 radical (unpaired) electrons. The normalized spacial score (nSPS) is 14.5. The molecule has 40 heavy (non-hydrogen) atoms. The van der Waals surface area contributed by atoms with Crippen molar-refractivity contribution < 1.29 is 29.6 Å². The number of piperazine rings is 1. The number of carboxylic acids is 2. The molecule has 11 heteroatoms. The molecule has 1 saturated heterocycles. The van der Waals surface area contributed by atoms with Gasteiger partial charge in [0.25, 0.3) is 0 Å². The number of ether oxygens (including phenoxy) is 1. The van der Waals surface area contributed by atoms with Crippen LogP contribution in [0.1, 0.15) is 19.3 Å². The number of fused-ring (bicyclic) bond motifs is 2. The molecule has 2 aromatic carbocycles. The second-order valence-corrected chi connectivity index (χ2v) is 10.5. The molecule has 1 aliphatic heterocycles. The Labute approximate surface area is 235 Å². The first kappa shape index (κ1) is 29.1. The summed E-state index contributed by atoms with van der Waals surface area (Å²) in [5.74, 6) is -2.03. The fourth-order valence-corrected chi connectivity index (χ4v) is 5.37. The van der Waals surface area contributed by atoms with Crippen LogP contribution in [0.5, 0.6) is 5.75 Å². The molecular weight excluding hydrogens is 534 g/mol. The first-order valence-electron chi connectivity index (χ1n) is 13.1. The lowest BCUT2D eigenvalue weighted by atomic mass is 10.2. The Balaban J connectivity index is 0.000000357. The van der Waals surface area contributed by atoms with Crippen LogP contribution in [0.3, 0.4) is 0 Å². The van der Waals surface area contributed by atoms with Gasteiger partial charge in [0.2, 0.25) is 5.56 Å². The Bertz CT molecular complexity index is 1490. The summed E-state index contributed by atoms with van der Waals surface area (Å²) in [6, 6.07) is 18.1. The number of aliphatic hydroxyl groups is 1. The Morgan fingerprint density at radius 3 is 2.50 bits per heavy atom. The van der Waals surface area contributed by atoms with Gasteiger partial charge in [0.1, 0.15) is 5.75 Å². The lowest BCUT2D eigenvalue weighted by Gasteiger charge is -2.36. The zero-order valence-corrected chi connectivity index (χ0v) is 22.8. The van der Waals surface area contributed by atoms with Gasteiger partial charge in [-0.25, -0.2) is 4.79 Å². The largest absolute Gasteiger partial charge is 0.494 e. The van der Waals surface area contributed by atoms with Gasteiger partial charge in [-0.15, -0.1) is 11.3 Å². The van der Waals surface area contributed by atoms with E-state index in [4.69, 9.17) is 20.1 Å². The molecular formula is C29H33N3O7S. The molecule has 0 amide bonds. The van der Waals surface area contributed by atoms with E-state index in [-0.39, 0.29) is 5.56 Å². The molecule has 5 rings (SSSR count). The topological polar surface area (TPSA) is 143 Å². The molecule has 0 bridgehead atoms. The summed E-state index contributed by atoms with van der Waals surface area (Å²) < 4.78 is 7.28.